The molecule has 6 heterocycles. The van der Waals surface area contributed by atoms with Crippen molar-refractivity contribution in [2.24, 2.45) is 29.6 Å². The number of hydrogen-bond acceptors (Lipinski definition) is 7. The van der Waals surface area contributed by atoms with Gasteiger partial charge >= 0.3 is 0 Å². The fourth-order valence-corrected chi connectivity index (χ4v) is 5.35. The van der Waals surface area contributed by atoms with Crippen LogP contribution in [0.15, 0.2) is 47.6 Å². The van der Waals surface area contributed by atoms with Crippen molar-refractivity contribution < 1.29 is 9.53 Å². The van der Waals surface area contributed by atoms with E-state index in [4.69, 9.17) is 20.4 Å². The number of fused-ring (bicyclic) bond motifs is 2. The maximum atomic E-state index is 12.8. The smallest absolute Gasteiger partial charge is 0.254 e. The number of pyridine rings is 2. The molecule has 0 radical (unpaired) electrons. The van der Waals surface area contributed by atoms with Crippen LogP contribution in [-0.2, 0) is 18.3 Å². The van der Waals surface area contributed by atoms with E-state index in [1.54, 1.807) is 12.4 Å². The number of allylic oxidation sites excluding steroid dienone is 1. The highest BCUT2D eigenvalue weighted by atomic mass is 16.5. The predicted molar refractivity (Wildman–Crippen MR) is 130 cm³/mol. The first-order chi connectivity index (χ1) is 16.6. The number of carbonyl (C=O) groups is 1. The van der Waals surface area contributed by atoms with Crippen molar-refractivity contribution in [3.63, 3.8) is 0 Å². The molecule has 3 aromatic heterocycles. The molecule has 9 nitrogen and oxygen atoms in total. The quantitative estimate of drug-likeness (QED) is 0.542. The molecular weight excluding hydrogens is 430 g/mol. The van der Waals surface area contributed by atoms with Crippen LogP contribution < -0.4 is 16.4 Å². The van der Waals surface area contributed by atoms with Crippen LogP contribution in [0.25, 0.3) is 22.3 Å². The number of ether oxygens (including phenoxy) is 1. The Balaban J connectivity index is 1.35. The number of anilines is 1. The Morgan fingerprint density at radius 2 is 2.24 bits per heavy atom. The monoisotopic (exact) mass is 457 g/mol. The third-order valence-corrected chi connectivity index (χ3v) is 7.12. The van der Waals surface area contributed by atoms with Gasteiger partial charge < -0.3 is 25.7 Å². The maximum absolute atomic E-state index is 12.8. The summed E-state index contributed by atoms with van der Waals surface area (Å²) in [5.41, 5.74) is 11.8. The number of nitrogens with zero attached hydrogens (tertiary/aromatic N) is 4. The molecule has 0 spiro atoms. The van der Waals surface area contributed by atoms with Crippen LogP contribution >= 0.6 is 0 Å². The van der Waals surface area contributed by atoms with E-state index in [0.29, 0.717) is 42.0 Å². The van der Waals surface area contributed by atoms with Crippen molar-refractivity contribution >= 4 is 28.3 Å². The molecule has 6 rings (SSSR count). The predicted octanol–water partition coefficient (Wildman–Crippen LogP) is 2.59. The highest BCUT2D eigenvalue weighted by Gasteiger charge is 2.32. The van der Waals surface area contributed by atoms with Gasteiger partial charge in [0.2, 0.25) is 0 Å². The van der Waals surface area contributed by atoms with Gasteiger partial charge in [0.1, 0.15) is 11.5 Å². The van der Waals surface area contributed by atoms with Crippen LogP contribution in [0.2, 0.25) is 0 Å². The molecule has 3 aliphatic heterocycles. The van der Waals surface area contributed by atoms with Crippen LogP contribution in [0.5, 0.6) is 0 Å². The van der Waals surface area contributed by atoms with Crippen LogP contribution in [0.4, 0.5) is 5.69 Å². The van der Waals surface area contributed by atoms with Gasteiger partial charge in [-0.3, -0.25) is 9.78 Å². The summed E-state index contributed by atoms with van der Waals surface area (Å²) in [4.78, 5) is 26.9. The Labute approximate surface area is 197 Å². The molecule has 3 aromatic rings. The number of amides is 1. The van der Waals surface area contributed by atoms with E-state index in [9.17, 15) is 4.79 Å². The van der Waals surface area contributed by atoms with Gasteiger partial charge in [0.25, 0.3) is 5.91 Å². The number of aryl methyl sites for hydroxylation is 1. The first-order valence-corrected chi connectivity index (χ1v) is 11.7. The summed E-state index contributed by atoms with van der Waals surface area (Å²) in [5.74, 6) is 1.38. The molecule has 174 valence electrons. The minimum absolute atomic E-state index is 0.111. The third kappa shape index (κ3) is 3.39. The number of aromatic nitrogens is 3. The number of rotatable bonds is 5. The van der Waals surface area contributed by atoms with Crippen LogP contribution in [0.3, 0.4) is 0 Å². The highest BCUT2D eigenvalue weighted by Crippen LogP contribution is 2.36. The third-order valence-electron chi connectivity index (χ3n) is 7.12. The Kier molecular flexibility index (Phi) is 5.15. The van der Waals surface area contributed by atoms with E-state index in [1.807, 2.05) is 29.9 Å². The van der Waals surface area contributed by atoms with Crippen molar-refractivity contribution in [3.05, 3.63) is 53.7 Å². The van der Waals surface area contributed by atoms with Gasteiger partial charge in [0, 0.05) is 67.3 Å². The Bertz CT molecular complexity index is 1350. The Morgan fingerprint density at radius 1 is 1.32 bits per heavy atom. The van der Waals surface area contributed by atoms with E-state index in [2.05, 4.69) is 21.7 Å². The standard InChI is InChI=1S/C25H27N7O2/c1-32-8-5-17-16(4-7-27-24(17)32)23-18-11-29-25(33)22(18)20(12-28-23)31-21-3-2-15(19(10-26)30-21)14-6-9-34-13-14/h3-5,7-8,12,14-15,31H,2,6,9-11,13,26H2,1H3,(H,29,33)/t14-,15?/m1/s1. The zero-order valence-corrected chi connectivity index (χ0v) is 19.0. The average molecular weight is 458 g/mol. The van der Waals surface area contributed by atoms with Crippen LogP contribution in [0, 0.1) is 11.8 Å². The molecule has 34 heavy (non-hydrogen) atoms. The van der Waals surface area contributed by atoms with Gasteiger partial charge in [0.05, 0.1) is 29.7 Å². The van der Waals surface area contributed by atoms with E-state index in [1.165, 1.54) is 0 Å². The molecule has 2 atom stereocenters. The molecule has 0 aromatic carbocycles. The summed E-state index contributed by atoms with van der Waals surface area (Å²) in [6.45, 7) is 2.41. The lowest BCUT2D eigenvalue weighted by molar-refractivity contribution is 0.0966. The first kappa shape index (κ1) is 21.0. The summed E-state index contributed by atoms with van der Waals surface area (Å²) in [6.07, 6.45) is 9.48. The molecule has 4 N–H and O–H groups in total. The number of aliphatic imine (C=N–C) groups is 1. The normalized spacial score (nSPS) is 21.9. The van der Waals surface area contributed by atoms with E-state index in [0.717, 1.165) is 59.6 Å². The maximum Gasteiger partial charge on any atom is 0.254 e. The van der Waals surface area contributed by atoms with Crippen molar-refractivity contribution in [3.8, 4) is 11.3 Å². The van der Waals surface area contributed by atoms with Crippen LogP contribution in [-0.4, -0.2) is 45.9 Å². The van der Waals surface area contributed by atoms with Gasteiger partial charge in [-0.2, -0.15) is 0 Å². The molecule has 1 fully saturated rings. The zero-order chi connectivity index (χ0) is 23.2. The highest BCUT2D eigenvalue weighted by molar-refractivity contribution is 6.06. The summed E-state index contributed by atoms with van der Waals surface area (Å²) in [5, 5.41) is 7.32. The van der Waals surface area contributed by atoms with Gasteiger partial charge in [-0.25, -0.2) is 9.98 Å². The average Bonchev–Trinajstić information content (AvgIpc) is 3.61. The summed E-state index contributed by atoms with van der Waals surface area (Å²) < 4.78 is 7.55. The molecule has 1 saturated heterocycles. The van der Waals surface area contributed by atoms with Crippen molar-refractivity contribution in [2.45, 2.75) is 19.4 Å². The van der Waals surface area contributed by atoms with Crippen molar-refractivity contribution in [1.82, 2.24) is 19.9 Å². The number of carbonyl (C=O) groups excluding carboxylic acids is 1. The lowest BCUT2D eigenvalue weighted by atomic mass is 9.83. The van der Waals surface area contributed by atoms with E-state index < -0.39 is 0 Å². The molecule has 0 aliphatic carbocycles. The number of nitrogens with two attached hydrogens (primary N) is 1. The van der Waals surface area contributed by atoms with Gasteiger partial charge in [-0.1, -0.05) is 0 Å². The second-order valence-electron chi connectivity index (χ2n) is 9.07. The first-order valence-electron chi connectivity index (χ1n) is 11.7. The molecular formula is C25H27N7O2. The van der Waals surface area contributed by atoms with Gasteiger partial charge in [-0.15, -0.1) is 0 Å². The molecule has 9 heteroatoms. The fraction of sp³-hybridized carbons (Fsp3) is 0.360. The summed E-state index contributed by atoms with van der Waals surface area (Å²) in [7, 11) is 1.97. The molecule has 0 saturated carbocycles. The lowest BCUT2D eigenvalue weighted by Crippen LogP contribution is -2.32. The largest absolute Gasteiger partial charge is 0.381 e. The second-order valence-corrected chi connectivity index (χ2v) is 9.07. The van der Waals surface area contributed by atoms with Crippen LogP contribution in [0.1, 0.15) is 28.8 Å². The van der Waals surface area contributed by atoms with E-state index >= 15 is 0 Å². The van der Waals surface area contributed by atoms with Gasteiger partial charge in [-0.05, 0) is 37.0 Å². The summed E-state index contributed by atoms with van der Waals surface area (Å²) >= 11 is 0. The minimum Gasteiger partial charge on any atom is -0.381 e. The SMILES string of the molecule is Cn1ccc2c(-c3ncc(NC4=CCC([C@@H]5CCOC5)C(CN)=N4)c4c3CNC4=O)ccnc21. The number of nitrogens with one attached hydrogen (secondary N) is 2. The second kappa shape index (κ2) is 8.34. The van der Waals surface area contributed by atoms with E-state index in [-0.39, 0.29) is 5.91 Å². The molecule has 1 amide bonds. The fourth-order valence-electron chi connectivity index (χ4n) is 5.35. The Morgan fingerprint density at radius 3 is 3.06 bits per heavy atom. The Hall–Kier alpha value is -3.56. The number of hydrogen-bond donors (Lipinski definition) is 3. The minimum atomic E-state index is -0.111. The molecule has 0 bridgehead atoms. The molecule has 3 aliphatic rings. The van der Waals surface area contributed by atoms with Crippen molar-refractivity contribution in [1.29, 1.82) is 0 Å². The lowest BCUT2D eigenvalue weighted by Gasteiger charge is -2.26. The van der Waals surface area contributed by atoms with Gasteiger partial charge in [0.15, 0.2) is 0 Å². The molecule has 1 unspecified atom stereocenters. The summed E-state index contributed by atoms with van der Waals surface area (Å²) in [6, 6.07) is 3.99. The zero-order valence-electron chi connectivity index (χ0n) is 19.0. The van der Waals surface area contributed by atoms with Crippen molar-refractivity contribution in [2.75, 3.05) is 25.1 Å². The topological polar surface area (TPSA) is 119 Å².